The molecule has 2 aromatic rings. The highest BCUT2D eigenvalue weighted by Gasteiger charge is 2.15. The molecule has 1 aliphatic heterocycles. The number of rotatable bonds is 0. The molecule has 1 aliphatic rings. The molecule has 0 aliphatic carbocycles. The average molecular weight is 577 g/mol. The number of carbonyl (C=O) groups is 2. The minimum absolute atomic E-state index is 0.148. The molecule has 0 aromatic carbocycles. The van der Waals surface area contributed by atoms with Gasteiger partial charge in [-0.05, 0) is 60.5 Å². The van der Waals surface area contributed by atoms with Crippen molar-refractivity contribution in [1.82, 2.24) is 24.9 Å². The second kappa shape index (κ2) is 12.6. The largest absolute Gasteiger partial charge is 0.296 e. The summed E-state index contributed by atoms with van der Waals surface area (Å²) in [5, 5.41) is 10.1. The summed E-state index contributed by atoms with van der Waals surface area (Å²) in [6.07, 6.45) is 4.58. The van der Waals surface area contributed by atoms with E-state index in [0.717, 1.165) is 12.8 Å². The van der Waals surface area contributed by atoms with E-state index in [1.54, 1.807) is 9.36 Å². The van der Waals surface area contributed by atoms with Crippen LogP contribution in [0.4, 0.5) is 0 Å². The zero-order chi connectivity index (χ0) is 18.7. The molecule has 1 fully saturated rings. The van der Waals surface area contributed by atoms with Gasteiger partial charge in [-0.2, -0.15) is 10.2 Å². The van der Waals surface area contributed by atoms with E-state index in [0.29, 0.717) is 12.8 Å². The standard InChI is InChI=1S/C4H4BrIN2.C4H5BrN2.C4H5NO2.C2H6/c1-8-2-3(6)4(5)7-8;1-7-3-2-4(5)6-7;6-3-1-2-4(7)5-3;1-2/h2H,1H3;2-3H,1H3;1-2H2,(H,5,6,7);1-2H3. The number of halogens is 3. The second-order valence-electron chi connectivity index (χ2n) is 4.22. The summed E-state index contributed by atoms with van der Waals surface area (Å²) in [6.45, 7) is 4.00. The number of aromatic nitrogens is 4. The summed E-state index contributed by atoms with van der Waals surface area (Å²) in [5.41, 5.74) is 0. The number of nitrogens with zero attached hydrogens (tertiary/aromatic N) is 4. The summed E-state index contributed by atoms with van der Waals surface area (Å²) < 4.78 is 6.45. The molecule has 0 saturated carbocycles. The molecule has 3 heterocycles. The summed E-state index contributed by atoms with van der Waals surface area (Å²) in [4.78, 5) is 20.2. The zero-order valence-corrected chi connectivity index (χ0v) is 19.2. The Balaban J connectivity index is 0.000000315. The number of aryl methyl sites for hydroxylation is 2. The molecule has 10 heteroatoms. The molecule has 3 rings (SSSR count). The van der Waals surface area contributed by atoms with E-state index < -0.39 is 0 Å². The third-order valence-electron chi connectivity index (χ3n) is 2.28. The normalized spacial score (nSPS) is 12.1. The lowest BCUT2D eigenvalue weighted by atomic mass is 10.4. The van der Waals surface area contributed by atoms with Crippen molar-refractivity contribution in [2.45, 2.75) is 26.7 Å². The molecule has 1 N–H and O–H groups in total. The minimum atomic E-state index is -0.148. The Morgan fingerprint density at radius 1 is 1.08 bits per heavy atom. The number of hydrogen-bond acceptors (Lipinski definition) is 4. The highest BCUT2D eigenvalue weighted by Crippen LogP contribution is 2.14. The lowest BCUT2D eigenvalue weighted by molar-refractivity contribution is -0.124. The van der Waals surface area contributed by atoms with E-state index in [4.69, 9.17) is 0 Å². The Bertz CT molecular complexity index is 607. The van der Waals surface area contributed by atoms with Gasteiger partial charge in [0.25, 0.3) is 0 Å². The maximum Gasteiger partial charge on any atom is 0.227 e. The average Bonchev–Trinajstić information content (AvgIpc) is 3.17. The van der Waals surface area contributed by atoms with Crippen LogP contribution in [0.25, 0.3) is 0 Å². The van der Waals surface area contributed by atoms with E-state index in [1.807, 2.05) is 46.4 Å². The van der Waals surface area contributed by atoms with E-state index in [2.05, 4.69) is 70.0 Å². The maximum absolute atomic E-state index is 10.1. The number of amides is 2. The van der Waals surface area contributed by atoms with Crippen molar-refractivity contribution < 1.29 is 9.59 Å². The summed E-state index contributed by atoms with van der Waals surface area (Å²) in [5.74, 6) is -0.296. The predicted molar refractivity (Wildman–Crippen MR) is 108 cm³/mol. The molecule has 0 atom stereocenters. The van der Waals surface area contributed by atoms with Crippen LogP contribution in [-0.2, 0) is 23.7 Å². The predicted octanol–water partition coefficient (Wildman–Crippen LogP) is 3.42. The van der Waals surface area contributed by atoms with Crippen LogP contribution in [0.5, 0.6) is 0 Å². The lowest BCUT2D eigenvalue weighted by Gasteiger charge is -1.79. The van der Waals surface area contributed by atoms with E-state index in [-0.39, 0.29) is 11.8 Å². The minimum Gasteiger partial charge on any atom is -0.296 e. The lowest BCUT2D eigenvalue weighted by Crippen LogP contribution is -2.18. The summed E-state index contributed by atoms with van der Waals surface area (Å²) in [6, 6.07) is 1.89. The van der Waals surface area contributed by atoms with Crippen LogP contribution in [-0.4, -0.2) is 31.4 Å². The molecular weight excluding hydrogens is 557 g/mol. The topological polar surface area (TPSA) is 81.8 Å². The van der Waals surface area contributed by atoms with Crippen molar-refractivity contribution in [1.29, 1.82) is 0 Å². The Kier molecular flexibility index (Phi) is 12.2. The number of imide groups is 1. The van der Waals surface area contributed by atoms with Gasteiger partial charge in [0.1, 0.15) is 9.21 Å². The van der Waals surface area contributed by atoms with Gasteiger partial charge in [0.05, 0.1) is 3.57 Å². The van der Waals surface area contributed by atoms with Crippen LogP contribution in [0.1, 0.15) is 26.7 Å². The smallest absolute Gasteiger partial charge is 0.227 e. The first-order valence-corrected chi connectivity index (χ1v) is 9.77. The van der Waals surface area contributed by atoms with Crippen LogP contribution in [0, 0.1) is 3.57 Å². The molecule has 0 spiro atoms. The van der Waals surface area contributed by atoms with Gasteiger partial charge in [-0.3, -0.25) is 24.3 Å². The molecular formula is C14H20Br2IN5O2. The van der Waals surface area contributed by atoms with Gasteiger partial charge in [0.15, 0.2) is 0 Å². The first kappa shape index (κ1) is 23.2. The summed E-state index contributed by atoms with van der Waals surface area (Å²) in [7, 11) is 3.78. The van der Waals surface area contributed by atoms with Crippen molar-refractivity contribution in [3.8, 4) is 0 Å². The molecule has 0 bridgehead atoms. The highest BCUT2D eigenvalue weighted by atomic mass is 127. The van der Waals surface area contributed by atoms with Crippen molar-refractivity contribution in [3.63, 3.8) is 0 Å². The Hall–Kier alpha value is -0.750. The van der Waals surface area contributed by atoms with Gasteiger partial charge in [-0.15, -0.1) is 0 Å². The van der Waals surface area contributed by atoms with E-state index >= 15 is 0 Å². The Labute approximate surface area is 172 Å². The van der Waals surface area contributed by atoms with Crippen molar-refractivity contribution in [3.05, 3.63) is 31.2 Å². The van der Waals surface area contributed by atoms with Crippen LogP contribution >= 0.6 is 54.5 Å². The first-order chi connectivity index (χ1) is 11.3. The quantitative estimate of drug-likeness (QED) is 0.385. The fourth-order valence-corrected chi connectivity index (χ4v) is 2.56. The SMILES string of the molecule is CC.Cn1cc(I)c(Br)n1.Cn1ccc(Br)n1.O=C1CCC(=O)N1. The highest BCUT2D eigenvalue weighted by molar-refractivity contribution is 14.1. The van der Waals surface area contributed by atoms with Gasteiger partial charge in [-0.1, -0.05) is 13.8 Å². The Morgan fingerprint density at radius 2 is 1.62 bits per heavy atom. The third-order valence-corrected chi connectivity index (χ3v) is 4.82. The maximum atomic E-state index is 10.1. The number of nitrogens with one attached hydrogen (secondary N) is 1. The molecule has 1 saturated heterocycles. The third kappa shape index (κ3) is 10.2. The molecule has 2 aromatic heterocycles. The molecule has 24 heavy (non-hydrogen) atoms. The van der Waals surface area contributed by atoms with Crippen molar-refractivity contribution >= 4 is 66.3 Å². The van der Waals surface area contributed by atoms with Gasteiger partial charge >= 0.3 is 0 Å². The molecule has 0 radical (unpaired) electrons. The van der Waals surface area contributed by atoms with Gasteiger partial charge in [0.2, 0.25) is 11.8 Å². The molecule has 134 valence electrons. The zero-order valence-electron chi connectivity index (χ0n) is 13.9. The van der Waals surface area contributed by atoms with Gasteiger partial charge in [0, 0.05) is 39.3 Å². The van der Waals surface area contributed by atoms with Crippen LogP contribution in [0.15, 0.2) is 27.7 Å². The summed E-state index contributed by atoms with van der Waals surface area (Å²) >= 11 is 8.69. The number of hydrogen-bond donors (Lipinski definition) is 1. The Morgan fingerprint density at radius 3 is 1.75 bits per heavy atom. The van der Waals surface area contributed by atoms with Crippen LogP contribution < -0.4 is 5.32 Å². The molecule has 2 amide bonds. The van der Waals surface area contributed by atoms with Crippen LogP contribution in [0.3, 0.4) is 0 Å². The molecule has 7 nitrogen and oxygen atoms in total. The molecule has 0 unspecified atom stereocenters. The van der Waals surface area contributed by atoms with Crippen molar-refractivity contribution in [2.24, 2.45) is 14.1 Å². The van der Waals surface area contributed by atoms with Crippen LogP contribution in [0.2, 0.25) is 0 Å². The van der Waals surface area contributed by atoms with E-state index in [9.17, 15) is 9.59 Å². The van der Waals surface area contributed by atoms with Gasteiger partial charge in [-0.25, -0.2) is 0 Å². The monoisotopic (exact) mass is 575 g/mol. The fraction of sp³-hybridized carbons (Fsp3) is 0.429. The van der Waals surface area contributed by atoms with Crippen molar-refractivity contribution in [2.75, 3.05) is 0 Å². The second-order valence-corrected chi connectivity index (χ2v) is 6.95. The van der Waals surface area contributed by atoms with E-state index in [1.165, 1.54) is 0 Å². The number of carbonyl (C=O) groups excluding carboxylic acids is 2. The van der Waals surface area contributed by atoms with Gasteiger partial charge < -0.3 is 0 Å². The first-order valence-electron chi connectivity index (χ1n) is 7.10. The fourth-order valence-electron chi connectivity index (χ4n) is 1.33.